The Hall–Kier alpha value is -0.460. The van der Waals surface area contributed by atoms with Crippen LogP contribution in [0.3, 0.4) is 0 Å². The first-order valence-electron chi connectivity index (χ1n) is 3.45. The smallest absolute Gasteiger partial charge is 0.207 e. The summed E-state index contributed by atoms with van der Waals surface area (Å²) in [5.41, 5.74) is -0.658. The van der Waals surface area contributed by atoms with Crippen molar-refractivity contribution in [2.75, 3.05) is 0 Å². The van der Waals surface area contributed by atoms with Gasteiger partial charge in [0.2, 0.25) is 0 Å². The Balaban J connectivity index is 3.84. The van der Waals surface area contributed by atoms with Crippen LogP contribution in [0.25, 0.3) is 0 Å². The van der Waals surface area contributed by atoms with Crippen LogP contribution in [0.4, 0.5) is 13.2 Å². The number of benzene rings is 1. The molecule has 15 heavy (non-hydrogen) atoms. The van der Waals surface area contributed by atoms with Gasteiger partial charge in [-0.1, -0.05) is 11.6 Å². The third-order valence-corrected chi connectivity index (χ3v) is 3.62. The molecule has 0 aromatic heterocycles. The van der Waals surface area contributed by atoms with Crippen molar-refractivity contribution in [2.24, 2.45) is 0 Å². The van der Waals surface area contributed by atoms with Crippen molar-refractivity contribution in [3.05, 3.63) is 28.0 Å². The van der Waals surface area contributed by atoms with Crippen LogP contribution < -0.4 is 0 Å². The maximum Gasteiger partial charge on any atom is 0.263 e. The summed E-state index contributed by atoms with van der Waals surface area (Å²) in [6.45, 7) is 0.930. The molecule has 1 rings (SSSR count). The summed E-state index contributed by atoms with van der Waals surface area (Å²) in [7, 11) is 0.465. The average Bonchev–Trinajstić information content (AvgIpc) is 2.09. The number of hydrogen-bond donors (Lipinski definition) is 0. The first-order chi connectivity index (χ1) is 6.68. The highest BCUT2D eigenvalue weighted by Gasteiger charge is 2.28. The van der Waals surface area contributed by atoms with Crippen molar-refractivity contribution >= 4 is 31.3 Å². The third kappa shape index (κ3) is 2.07. The molecule has 0 radical (unpaired) electrons. The van der Waals surface area contributed by atoms with Crippen LogP contribution in [-0.2, 0) is 9.05 Å². The fourth-order valence-corrected chi connectivity index (χ4v) is 3.00. The number of halogens is 5. The van der Waals surface area contributed by atoms with Crippen LogP contribution in [-0.4, -0.2) is 8.42 Å². The summed E-state index contributed by atoms with van der Waals surface area (Å²) in [5, 5.41) is -1.05. The molecule has 1 aromatic carbocycles. The highest BCUT2D eigenvalue weighted by molar-refractivity contribution is 8.13. The van der Waals surface area contributed by atoms with Crippen LogP contribution >= 0.6 is 22.3 Å². The molecule has 0 N–H and O–H groups in total. The molecule has 0 fully saturated rings. The minimum atomic E-state index is -4.43. The highest BCUT2D eigenvalue weighted by Crippen LogP contribution is 2.33. The standard InChI is InChI=1S/C7H3Cl2F3O2S/c1-2-4(10)6(12)5(11)3(8)7(2)15(9,13)14/h1H3. The van der Waals surface area contributed by atoms with Crippen molar-refractivity contribution in [3.8, 4) is 0 Å². The number of hydrogen-bond acceptors (Lipinski definition) is 2. The van der Waals surface area contributed by atoms with E-state index in [0.29, 0.717) is 0 Å². The molecule has 0 amide bonds. The quantitative estimate of drug-likeness (QED) is 0.450. The molecule has 0 atom stereocenters. The molecule has 0 heterocycles. The van der Waals surface area contributed by atoms with Crippen molar-refractivity contribution in [3.63, 3.8) is 0 Å². The van der Waals surface area contributed by atoms with Gasteiger partial charge in [-0.05, 0) is 6.92 Å². The first kappa shape index (κ1) is 12.6. The van der Waals surface area contributed by atoms with Gasteiger partial charge in [0.15, 0.2) is 17.5 Å². The van der Waals surface area contributed by atoms with E-state index >= 15 is 0 Å². The summed E-state index contributed by atoms with van der Waals surface area (Å²) in [5.74, 6) is -5.24. The van der Waals surface area contributed by atoms with Crippen LogP contribution in [0, 0.1) is 24.4 Å². The Morgan fingerprint density at radius 3 is 1.93 bits per heavy atom. The van der Waals surface area contributed by atoms with E-state index in [2.05, 4.69) is 0 Å². The van der Waals surface area contributed by atoms with Crippen molar-refractivity contribution in [1.29, 1.82) is 0 Å². The Morgan fingerprint density at radius 1 is 1.07 bits per heavy atom. The summed E-state index contributed by atoms with van der Waals surface area (Å²) >= 11 is 5.22. The van der Waals surface area contributed by atoms with E-state index in [0.717, 1.165) is 6.92 Å². The van der Waals surface area contributed by atoms with E-state index < -0.39 is 42.0 Å². The van der Waals surface area contributed by atoms with E-state index in [4.69, 9.17) is 22.3 Å². The molecule has 0 saturated carbocycles. The normalized spacial score (nSPS) is 11.9. The van der Waals surface area contributed by atoms with Gasteiger partial charge in [-0.2, -0.15) is 0 Å². The largest absolute Gasteiger partial charge is 0.263 e. The molecule has 0 bridgehead atoms. The predicted molar refractivity (Wildman–Crippen MR) is 49.1 cm³/mol. The van der Waals surface area contributed by atoms with E-state index in [1.807, 2.05) is 0 Å². The average molecular weight is 279 g/mol. The van der Waals surface area contributed by atoms with Gasteiger partial charge in [-0.25, -0.2) is 21.6 Å². The fourth-order valence-electron chi connectivity index (χ4n) is 1.01. The molecule has 0 unspecified atom stereocenters. The second-order valence-electron chi connectivity index (χ2n) is 2.65. The first-order valence-corrected chi connectivity index (χ1v) is 6.13. The summed E-state index contributed by atoms with van der Waals surface area (Å²) in [6.07, 6.45) is 0. The van der Waals surface area contributed by atoms with Gasteiger partial charge in [-0.15, -0.1) is 0 Å². The molecular formula is C7H3Cl2F3O2S. The van der Waals surface area contributed by atoms with Crippen molar-refractivity contribution in [2.45, 2.75) is 11.8 Å². The van der Waals surface area contributed by atoms with Crippen LogP contribution in [0.5, 0.6) is 0 Å². The van der Waals surface area contributed by atoms with Gasteiger partial charge >= 0.3 is 0 Å². The molecule has 8 heteroatoms. The Morgan fingerprint density at radius 2 is 1.53 bits per heavy atom. The Kier molecular flexibility index (Phi) is 3.23. The Bertz CT molecular complexity index is 499. The van der Waals surface area contributed by atoms with E-state index in [1.165, 1.54) is 0 Å². The molecule has 84 valence electrons. The van der Waals surface area contributed by atoms with Gasteiger partial charge < -0.3 is 0 Å². The summed E-state index contributed by atoms with van der Waals surface area (Å²) < 4.78 is 60.4. The van der Waals surface area contributed by atoms with Crippen molar-refractivity contribution < 1.29 is 21.6 Å². The predicted octanol–water partition coefficient (Wildman–Crippen LogP) is 2.99. The molecule has 0 aliphatic heterocycles. The van der Waals surface area contributed by atoms with Gasteiger partial charge in [-0.3, -0.25) is 0 Å². The zero-order chi connectivity index (χ0) is 12.0. The molecule has 2 nitrogen and oxygen atoms in total. The minimum Gasteiger partial charge on any atom is -0.207 e. The molecular weight excluding hydrogens is 276 g/mol. The van der Waals surface area contributed by atoms with E-state index in [-0.39, 0.29) is 0 Å². The lowest BCUT2D eigenvalue weighted by Crippen LogP contribution is -2.05. The SMILES string of the molecule is Cc1c(F)c(F)c(F)c(Cl)c1S(=O)(=O)Cl. The van der Waals surface area contributed by atoms with Gasteiger partial charge in [0.1, 0.15) is 4.90 Å². The lowest BCUT2D eigenvalue weighted by atomic mass is 10.2. The Labute approximate surface area is 93.0 Å². The van der Waals surface area contributed by atoms with Crippen LogP contribution in [0.1, 0.15) is 5.56 Å². The lowest BCUT2D eigenvalue weighted by molar-refractivity contribution is 0.438. The monoisotopic (exact) mass is 278 g/mol. The highest BCUT2D eigenvalue weighted by atomic mass is 35.7. The second kappa shape index (κ2) is 3.84. The van der Waals surface area contributed by atoms with Gasteiger partial charge in [0.25, 0.3) is 9.05 Å². The molecule has 0 spiro atoms. The maximum atomic E-state index is 13.0. The topological polar surface area (TPSA) is 34.1 Å². The van der Waals surface area contributed by atoms with Crippen molar-refractivity contribution in [1.82, 2.24) is 0 Å². The van der Waals surface area contributed by atoms with Gasteiger partial charge in [0.05, 0.1) is 5.02 Å². The van der Waals surface area contributed by atoms with E-state index in [9.17, 15) is 21.6 Å². The summed E-state index contributed by atoms with van der Waals surface area (Å²) in [6, 6.07) is 0. The van der Waals surface area contributed by atoms with E-state index in [1.54, 1.807) is 0 Å². The zero-order valence-corrected chi connectivity index (χ0v) is 9.44. The fraction of sp³-hybridized carbons (Fsp3) is 0.143. The second-order valence-corrected chi connectivity index (χ2v) is 5.53. The van der Waals surface area contributed by atoms with Crippen LogP contribution in [0.2, 0.25) is 5.02 Å². The molecule has 0 aliphatic rings. The molecule has 0 aliphatic carbocycles. The number of rotatable bonds is 1. The minimum absolute atomic E-state index is 0.658. The lowest BCUT2D eigenvalue weighted by Gasteiger charge is -2.07. The van der Waals surface area contributed by atoms with Gasteiger partial charge in [0, 0.05) is 16.2 Å². The zero-order valence-electron chi connectivity index (χ0n) is 7.11. The summed E-state index contributed by atoms with van der Waals surface area (Å²) in [4.78, 5) is -0.956. The molecule has 0 saturated heterocycles. The third-order valence-electron chi connectivity index (χ3n) is 1.69. The molecule has 1 aromatic rings. The maximum absolute atomic E-state index is 13.0. The van der Waals surface area contributed by atoms with Crippen LogP contribution in [0.15, 0.2) is 4.90 Å².